The quantitative estimate of drug-likeness (QED) is 0.718. The lowest BCUT2D eigenvalue weighted by molar-refractivity contribution is -0.158. The summed E-state index contributed by atoms with van der Waals surface area (Å²) >= 11 is 0. The summed E-state index contributed by atoms with van der Waals surface area (Å²) < 4.78 is 31.2. The Labute approximate surface area is 179 Å². The summed E-state index contributed by atoms with van der Waals surface area (Å²) in [5, 5.41) is 7.77. The third-order valence-electron chi connectivity index (χ3n) is 9.10. The smallest absolute Gasteiger partial charge is 0.302 e. The number of nitrogens with zero attached hydrogens (tertiary/aromatic N) is 2. The van der Waals surface area contributed by atoms with Gasteiger partial charge in [0.15, 0.2) is 0 Å². The SMILES string of the molecule is CC(=O)OC1CCC2C3CCC4Nc5c(cnn5S(C)(=O)=O)CC4(C)C3CCC12C. The first kappa shape index (κ1) is 20.3. The number of rotatable bonds is 2. The fourth-order valence-corrected chi connectivity index (χ4v) is 8.48. The Morgan fingerprint density at radius 3 is 2.60 bits per heavy atom. The van der Waals surface area contributed by atoms with E-state index in [0.29, 0.717) is 23.6 Å². The monoisotopic (exact) mass is 435 g/mol. The van der Waals surface area contributed by atoms with Crippen molar-refractivity contribution in [2.45, 2.75) is 77.9 Å². The molecule has 3 fully saturated rings. The number of hydrogen-bond donors (Lipinski definition) is 1. The van der Waals surface area contributed by atoms with Crippen molar-refractivity contribution in [3.05, 3.63) is 11.8 Å². The van der Waals surface area contributed by atoms with Crippen LogP contribution in [0.15, 0.2) is 6.20 Å². The average Bonchev–Trinajstić information content (AvgIpc) is 3.19. The normalized spacial score (nSPS) is 42.3. The van der Waals surface area contributed by atoms with Gasteiger partial charge in [-0.2, -0.15) is 5.10 Å². The standard InChI is InChI=1S/C22H33N3O4S/c1-13(26)29-19-8-6-16-15-5-7-18-22(3,17(15)9-10-21(16,19)2)11-14-12-23-25(20(14)24-18)30(4,27)28/h12,15-19,24H,5-11H2,1-4H3. The molecule has 3 aliphatic carbocycles. The van der Waals surface area contributed by atoms with Crippen molar-refractivity contribution >= 4 is 21.8 Å². The first-order chi connectivity index (χ1) is 14.0. The highest BCUT2D eigenvalue weighted by Crippen LogP contribution is 2.64. The predicted octanol–water partition coefficient (Wildman–Crippen LogP) is 3.20. The molecule has 30 heavy (non-hydrogen) atoms. The number of carbonyl (C=O) groups is 1. The summed E-state index contributed by atoms with van der Waals surface area (Å²) in [6.45, 7) is 6.26. The number of nitrogens with one attached hydrogen (secondary N) is 1. The Kier molecular flexibility index (Phi) is 4.38. The fourth-order valence-electron chi connectivity index (χ4n) is 7.76. The van der Waals surface area contributed by atoms with Crippen LogP contribution < -0.4 is 5.32 Å². The van der Waals surface area contributed by atoms with Gasteiger partial charge in [0.05, 0.1) is 12.5 Å². The van der Waals surface area contributed by atoms with Crippen LogP contribution in [-0.4, -0.2) is 42.0 Å². The molecule has 0 spiro atoms. The van der Waals surface area contributed by atoms with E-state index in [2.05, 4.69) is 24.3 Å². The number of aromatic nitrogens is 2. The van der Waals surface area contributed by atoms with Gasteiger partial charge in [0.1, 0.15) is 11.9 Å². The Morgan fingerprint density at radius 2 is 1.90 bits per heavy atom. The minimum atomic E-state index is -3.42. The van der Waals surface area contributed by atoms with Gasteiger partial charge < -0.3 is 10.1 Å². The molecule has 0 saturated heterocycles. The van der Waals surface area contributed by atoms with E-state index in [-0.39, 0.29) is 28.9 Å². The van der Waals surface area contributed by atoms with Crippen molar-refractivity contribution in [1.82, 2.24) is 9.19 Å². The van der Waals surface area contributed by atoms with Gasteiger partial charge >= 0.3 is 5.97 Å². The van der Waals surface area contributed by atoms with E-state index in [4.69, 9.17) is 4.74 Å². The van der Waals surface area contributed by atoms with Crippen molar-refractivity contribution < 1.29 is 17.9 Å². The van der Waals surface area contributed by atoms with Crippen LogP contribution in [0.3, 0.4) is 0 Å². The largest absolute Gasteiger partial charge is 0.462 e. The summed E-state index contributed by atoms with van der Waals surface area (Å²) in [6.07, 6.45) is 10.4. The van der Waals surface area contributed by atoms with Gasteiger partial charge in [0.25, 0.3) is 10.0 Å². The molecular formula is C22H33N3O4S. The van der Waals surface area contributed by atoms with E-state index in [1.165, 1.54) is 13.2 Å². The van der Waals surface area contributed by atoms with Gasteiger partial charge in [-0.1, -0.05) is 13.8 Å². The maximum atomic E-state index is 12.1. The summed E-state index contributed by atoms with van der Waals surface area (Å²) in [5.74, 6) is 2.33. The molecular weight excluding hydrogens is 402 g/mol. The maximum Gasteiger partial charge on any atom is 0.302 e. The second-order valence-corrected chi connectivity index (χ2v) is 12.5. The third-order valence-corrected chi connectivity index (χ3v) is 10.0. The van der Waals surface area contributed by atoms with E-state index in [1.807, 2.05) is 0 Å². The summed E-state index contributed by atoms with van der Waals surface area (Å²) in [6, 6.07) is 0.262. The number of hydrogen-bond acceptors (Lipinski definition) is 6. The molecule has 1 aromatic rings. The Hall–Kier alpha value is -1.57. The minimum Gasteiger partial charge on any atom is -0.462 e. The van der Waals surface area contributed by atoms with Crippen molar-refractivity contribution in [3.63, 3.8) is 0 Å². The van der Waals surface area contributed by atoms with Gasteiger partial charge in [0.2, 0.25) is 0 Å². The van der Waals surface area contributed by atoms with Gasteiger partial charge in [-0.15, -0.1) is 4.09 Å². The molecule has 166 valence electrons. The zero-order valence-corrected chi connectivity index (χ0v) is 19.2. The number of carbonyl (C=O) groups excluding carboxylic acids is 1. The van der Waals surface area contributed by atoms with Crippen molar-refractivity contribution in [1.29, 1.82) is 0 Å². The minimum absolute atomic E-state index is 0.0514. The van der Waals surface area contributed by atoms with Crippen LogP contribution in [0.25, 0.3) is 0 Å². The molecule has 7 atom stereocenters. The molecule has 2 heterocycles. The number of ether oxygens (including phenoxy) is 1. The summed E-state index contributed by atoms with van der Waals surface area (Å²) in [7, 11) is -3.42. The van der Waals surface area contributed by atoms with E-state index in [9.17, 15) is 13.2 Å². The zero-order valence-electron chi connectivity index (χ0n) is 18.3. The van der Waals surface area contributed by atoms with Crippen LogP contribution in [0, 0.1) is 28.6 Å². The van der Waals surface area contributed by atoms with Gasteiger partial charge in [-0.25, -0.2) is 8.42 Å². The molecule has 1 N–H and O–H groups in total. The number of anilines is 1. The van der Waals surface area contributed by atoms with E-state index >= 15 is 0 Å². The molecule has 1 aliphatic heterocycles. The molecule has 8 heteroatoms. The third kappa shape index (κ3) is 2.78. The van der Waals surface area contributed by atoms with E-state index < -0.39 is 10.0 Å². The molecule has 3 saturated carbocycles. The zero-order chi connectivity index (χ0) is 21.5. The highest BCUT2D eigenvalue weighted by Gasteiger charge is 2.61. The van der Waals surface area contributed by atoms with E-state index in [1.54, 1.807) is 6.20 Å². The Balaban J connectivity index is 1.45. The average molecular weight is 436 g/mol. The molecule has 0 amide bonds. The molecule has 7 unspecified atom stereocenters. The number of esters is 1. The molecule has 5 rings (SSSR count). The van der Waals surface area contributed by atoms with Crippen molar-refractivity contribution in [3.8, 4) is 0 Å². The predicted molar refractivity (Wildman–Crippen MR) is 114 cm³/mol. The second kappa shape index (κ2) is 6.47. The topological polar surface area (TPSA) is 90.3 Å². The van der Waals surface area contributed by atoms with Crippen LogP contribution in [0.4, 0.5) is 5.82 Å². The Bertz CT molecular complexity index is 989. The van der Waals surface area contributed by atoms with Crippen LogP contribution >= 0.6 is 0 Å². The van der Waals surface area contributed by atoms with Crippen LogP contribution in [0.1, 0.15) is 64.9 Å². The highest BCUT2D eigenvalue weighted by molar-refractivity contribution is 7.89. The second-order valence-electron chi connectivity index (χ2n) is 10.7. The van der Waals surface area contributed by atoms with Gasteiger partial charge in [-0.05, 0) is 68.1 Å². The van der Waals surface area contributed by atoms with Crippen LogP contribution in [0.2, 0.25) is 0 Å². The lowest BCUT2D eigenvalue weighted by atomic mass is 9.47. The number of fused-ring (bicyclic) bond motifs is 6. The van der Waals surface area contributed by atoms with E-state index in [0.717, 1.165) is 54.6 Å². The molecule has 1 aromatic heterocycles. The van der Waals surface area contributed by atoms with Gasteiger partial charge in [-0.3, -0.25) is 4.79 Å². The van der Waals surface area contributed by atoms with Crippen molar-refractivity contribution in [2.75, 3.05) is 11.6 Å². The van der Waals surface area contributed by atoms with Gasteiger partial charge in [0, 0.05) is 23.9 Å². The maximum absolute atomic E-state index is 12.1. The molecule has 0 aromatic carbocycles. The summed E-state index contributed by atoms with van der Waals surface area (Å²) in [5.41, 5.74) is 1.18. The molecule has 4 aliphatic rings. The lowest BCUT2D eigenvalue weighted by Crippen LogP contribution is -2.58. The highest BCUT2D eigenvalue weighted by atomic mass is 32.2. The first-order valence-corrected chi connectivity index (χ1v) is 13.1. The lowest BCUT2D eigenvalue weighted by Gasteiger charge is -2.60. The van der Waals surface area contributed by atoms with Crippen LogP contribution in [0.5, 0.6) is 0 Å². The summed E-state index contributed by atoms with van der Waals surface area (Å²) in [4.78, 5) is 11.6. The first-order valence-electron chi connectivity index (χ1n) is 11.3. The molecule has 7 nitrogen and oxygen atoms in total. The molecule has 0 radical (unpaired) electrons. The fraction of sp³-hybridized carbons (Fsp3) is 0.818. The Morgan fingerprint density at radius 1 is 1.17 bits per heavy atom. The van der Waals surface area contributed by atoms with Crippen LogP contribution in [-0.2, 0) is 26.0 Å². The molecule has 0 bridgehead atoms. The van der Waals surface area contributed by atoms with Crippen molar-refractivity contribution in [2.24, 2.45) is 28.6 Å².